The summed E-state index contributed by atoms with van der Waals surface area (Å²) in [5.74, 6) is 2.01. The zero-order chi connectivity index (χ0) is 65.0. The highest BCUT2D eigenvalue weighted by Gasteiger charge is 2.55. The zero-order valence-electron chi connectivity index (χ0n) is 54.5. The molecule has 460 valence electrons. The first-order valence-corrected chi connectivity index (χ1v) is 34.8. The lowest BCUT2D eigenvalue weighted by atomic mass is 9.68. The van der Waals surface area contributed by atoms with Crippen LogP contribution in [0.3, 0.4) is 0 Å². The molecule has 0 bridgehead atoms. The van der Waals surface area contributed by atoms with Gasteiger partial charge in [0.1, 0.15) is 11.6 Å². The molecule has 4 aliphatic rings. The maximum absolute atomic E-state index is 5.50. The van der Waals surface area contributed by atoms with Crippen LogP contribution in [0.2, 0.25) is 0 Å². The van der Waals surface area contributed by atoms with E-state index in [1.807, 2.05) is 0 Å². The van der Waals surface area contributed by atoms with Crippen LogP contribution in [-0.4, -0.2) is 19.1 Å². The minimum atomic E-state index is -0.590. The van der Waals surface area contributed by atoms with Crippen molar-refractivity contribution in [2.45, 2.75) is 31.1 Å². The summed E-state index contributed by atoms with van der Waals surface area (Å²) in [5, 5.41) is 10.1. The van der Waals surface area contributed by atoms with Crippen LogP contribution < -0.4 is 0 Å². The number of rotatable bonds is 6. The Bertz CT molecular complexity index is 6500. The van der Waals surface area contributed by atoms with Gasteiger partial charge in [0.05, 0.1) is 32.9 Å². The molecule has 0 saturated heterocycles. The van der Waals surface area contributed by atoms with Gasteiger partial charge in [-0.25, -0.2) is 9.97 Å². The number of hydrogen-bond acceptors (Lipinski definition) is 2. The minimum absolute atomic E-state index is 0.470. The monoisotopic (exact) mass is 1260 g/mol. The van der Waals surface area contributed by atoms with E-state index in [1.54, 1.807) is 0 Å². The Labute approximate surface area is 572 Å². The third-order valence-electron chi connectivity index (χ3n) is 23.0. The number of benzene rings is 16. The van der Waals surface area contributed by atoms with Gasteiger partial charge >= 0.3 is 0 Å². The molecule has 16 aromatic carbocycles. The van der Waals surface area contributed by atoms with Gasteiger partial charge in [-0.2, -0.15) is 0 Å². The van der Waals surface area contributed by atoms with E-state index in [4.69, 9.17) is 9.97 Å². The van der Waals surface area contributed by atoms with E-state index < -0.39 is 10.8 Å². The van der Waals surface area contributed by atoms with E-state index in [-0.39, 0.29) is 0 Å². The van der Waals surface area contributed by atoms with Crippen molar-refractivity contribution < 1.29 is 0 Å². The molecule has 22 rings (SSSR count). The summed E-state index contributed by atoms with van der Waals surface area (Å²) in [6.45, 7) is 4.33. The summed E-state index contributed by atoms with van der Waals surface area (Å²) < 4.78 is 4.64. The molecule has 0 unspecified atom stereocenters. The van der Waals surface area contributed by atoms with Crippen molar-refractivity contribution in [3.8, 4) is 89.3 Å². The first kappa shape index (κ1) is 54.7. The van der Waals surface area contributed by atoms with Crippen molar-refractivity contribution in [2.75, 3.05) is 0 Å². The molecule has 4 heteroatoms. The van der Waals surface area contributed by atoms with E-state index in [2.05, 4.69) is 338 Å². The van der Waals surface area contributed by atoms with Gasteiger partial charge in [-0.3, -0.25) is 9.13 Å². The molecule has 0 fully saturated rings. The van der Waals surface area contributed by atoms with Crippen LogP contribution in [0.4, 0.5) is 0 Å². The molecule has 2 heterocycles. The van der Waals surface area contributed by atoms with Crippen molar-refractivity contribution in [1.29, 1.82) is 0 Å². The number of imidazole rings is 2. The van der Waals surface area contributed by atoms with Gasteiger partial charge in [-0.05, 0) is 221 Å². The van der Waals surface area contributed by atoms with Gasteiger partial charge in [0.25, 0.3) is 0 Å². The Morgan fingerprint density at radius 1 is 0.283 bits per heavy atom. The average Bonchev–Trinajstić information content (AvgIpc) is 1.50. The molecule has 18 aromatic rings. The topological polar surface area (TPSA) is 35.6 Å². The Morgan fingerprint density at radius 2 is 0.687 bits per heavy atom. The smallest absolute Gasteiger partial charge is 0.114 e. The molecule has 0 N–H and O–H groups in total. The summed E-state index contributed by atoms with van der Waals surface area (Å²) in [7, 11) is 0. The van der Waals surface area contributed by atoms with Crippen LogP contribution in [0.15, 0.2) is 315 Å². The highest BCUT2D eigenvalue weighted by Crippen LogP contribution is 2.68. The molecule has 2 spiro atoms. The fraction of sp³-hybridized carbons (Fsp3) is 0.0526. The fourth-order valence-electron chi connectivity index (χ4n) is 19.2. The molecule has 99 heavy (non-hydrogen) atoms. The number of fused-ring (bicyclic) bond motifs is 30. The standard InChI is InChI=1S/C95H60N4/c1-3-88-97-85-31-14-15-32-86(85)99(88)65-45-36-58(37-46-65)61-40-48-68-63(55-61)42-51-78-79-53-52-70-69(24-16-25-75(70)92(79)95(91(68)78)83-29-12-8-22-73(83)74-23-9-13-30-84(74)95)80-26-17-33-87-93(80)96-56(2)98(87)64-43-34-57(35-44-64)60-39-47-67-62(54-60)41-50-77-76-49-38-59-18-4-5-19-66(59)89(76)94(90(67)77)81-27-10-6-20-71(81)72-21-7-11-28-82(72)94/h4-55H,3H2,1-2H3. The maximum Gasteiger partial charge on any atom is 0.114 e. The summed E-state index contributed by atoms with van der Waals surface area (Å²) in [6.07, 6.45) is 0.851. The number of hydrogen-bond donors (Lipinski definition) is 0. The number of nitrogens with zero attached hydrogens (tertiary/aromatic N) is 4. The van der Waals surface area contributed by atoms with Crippen molar-refractivity contribution in [3.05, 3.63) is 372 Å². The summed E-state index contributed by atoms with van der Waals surface area (Å²) in [5.41, 5.74) is 33.7. The molecule has 0 atom stereocenters. The predicted molar refractivity (Wildman–Crippen MR) is 409 cm³/mol. The van der Waals surface area contributed by atoms with Gasteiger partial charge in [-0.15, -0.1) is 0 Å². The van der Waals surface area contributed by atoms with E-state index in [1.165, 1.54) is 160 Å². The molecular weight excluding hydrogens is 1200 g/mol. The van der Waals surface area contributed by atoms with Gasteiger partial charge in [0.2, 0.25) is 0 Å². The molecule has 4 nitrogen and oxygen atoms in total. The minimum Gasteiger partial charge on any atom is -0.297 e. The van der Waals surface area contributed by atoms with Gasteiger partial charge in [0.15, 0.2) is 0 Å². The predicted octanol–water partition coefficient (Wildman–Crippen LogP) is 23.5. The molecular formula is C95H60N4. The quantitative estimate of drug-likeness (QED) is 0.166. The zero-order valence-corrected chi connectivity index (χ0v) is 54.5. The second-order valence-corrected chi connectivity index (χ2v) is 27.6. The second-order valence-electron chi connectivity index (χ2n) is 27.6. The third-order valence-corrected chi connectivity index (χ3v) is 23.0. The lowest BCUT2D eigenvalue weighted by molar-refractivity contribution is 0.809. The second kappa shape index (κ2) is 20.0. The Balaban J connectivity index is 0.644. The van der Waals surface area contributed by atoms with E-state index in [0.717, 1.165) is 57.1 Å². The SMILES string of the molecule is CCc1nc2ccccc2n1-c1ccc(-c2ccc3c4c(ccc3c2)-c2ccc3c(-c5cccc6c5nc(C)n6-c5ccc(-c6ccc7c8c(ccc7c6)-c6ccc7ccccc7c6C86c7ccccc7-c7ccccc76)cc5)cccc3c2C42c3ccccc3-c3ccccc32)cc1. The normalized spacial score (nSPS) is 13.8. The van der Waals surface area contributed by atoms with Crippen LogP contribution in [0.1, 0.15) is 63.1 Å². The molecule has 0 amide bonds. The van der Waals surface area contributed by atoms with Gasteiger partial charge in [-0.1, -0.05) is 268 Å². The lowest BCUT2D eigenvalue weighted by Crippen LogP contribution is -2.26. The van der Waals surface area contributed by atoms with Crippen molar-refractivity contribution in [2.24, 2.45) is 0 Å². The molecule has 0 radical (unpaired) electrons. The molecule has 0 saturated carbocycles. The van der Waals surface area contributed by atoms with Crippen LogP contribution in [0.5, 0.6) is 0 Å². The third kappa shape index (κ3) is 7.11. The molecule has 4 aliphatic carbocycles. The first-order chi connectivity index (χ1) is 49.0. The van der Waals surface area contributed by atoms with E-state index in [0.29, 0.717) is 0 Å². The number of aromatic nitrogens is 4. The van der Waals surface area contributed by atoms with Crippen LogP contribution >= 0.6 is 0 Å². The van der Waals surface area contributed by atoms with Crippen LogP contribution in [0.25, 0.3) is 154 Å². The first-order valence-electron chi connectivity index (χ1n) is 34.8. The number of aryl methyl sites for hydroxylation is 2. The highest BCUT2D eigenvalue weighted by molar-refractivity contribution is 6.14. The Morgan fingerprint density at radius 3 is 1.25 bits per heavy atom. The molecule has 0 aliphatic heterocycles. The van der Waals surface area contributed by atoms with E-state index in [9.17, 15) is 0 Å². The van der Waals surface area contributed by atoms with Crippen molar-refractivity contribution in [1.82, 2.24) is 19.1 Å². The Kier molecular flexibility index (Phi) is 11.1. The number of para-hydroxylation sites is 3. The molecule has 2 aromatic heterocycles. The Hall–Kier alpha value is -12.5. The maximum atomic E-state index is 5.50. The van der Waals surface area contributed by atoms with Gasteiger partial charge in [0, 0.05) is 23.4 Å². The average molecular weight is 1260 g/mol. The summed E-state index contributed by atoms with van der Waals surface area (Å²) in [4.78, 5) is 10.5. The van der Waals surface area contributed by atoms with Crippen molar-refractivity contribution >= 4 is 65.2 Å². The van der Waals surface area contributed by atoms with Crippen LogP contribution in [-0.2, 0) is 17.3 Å². The van der Waals surface area contributed by atoms with Crippen molar-refractivity contribution in [3.63, 3.8) is 0 Å². The fourth-order valence-corrected chi connectivity index (χ4v) is 19.2. The summed E-state index contributed by atoms with van der Waals surface area (Å²) >= 11 is 0. The van der Waals surface area contributed by atoms with E-state index >= 15 is 0 Å². The lowest BCUT2D eigenvalue weighted by Gasteiger charge is -2.32. The highest BCUT2D eigenvalue weighted by atomic mass is 15.1. The van der Waals surface area contributed by atoms with Gasteiger partial charge < -0.3 is 0 Å². The van der Waals surface area contributed by atoms with Crippen LogP contribution in [0, 0.1) is 6.92 Å². The largest absolute Gasteiger partial charge is 0.297 e. The summed E-state index contributed by atoms with van der Waals surface area (Å²) in [6, 6.07) is 119.